The molecule has 1 saturated carbocycles. The molecule has 0 aromatic carbocycles. The largest absolute Gasteiger partial charge is 0.481 e. The van der Waals surface area contributed by atoms with Crippen LogP contribution in [0.4, 0.5) is 0 Å². The number of carboxylic acid groups (broad SMARTS) is 1. The number of nitrogens with zero attached hydrogens (tertiary/aromatic N) is 3. The molecule has 0 bridgehead atoms. The third-order valence-electron chi connectivity index (χ3n) is 3.91. The SMILES string of the molecule is Cc1nnc(SCC(=O)O)n1C1CCC(C)C1C. The second kappa shape index (κ2) is 5.30. The minimum absolute atomic E-state index is 0.0365. The minimum atomic E-state index is -0.819. The van der Waals surface area contributed by atoms with Crippen LogP contribution in [0.5, 0.6) is 0 Å². The summed E-state index contributed by atoms with van der Waals surface area (Å²) in [5.41, 5.74) is 0. The van der Waals surface area contributed by atoms with Crippen molar-refractivity contribution in [2.24, 2.45) is 11.8 Å². The van der Waals surface area contributed by atoms with Gasteiger partial charge < -0.3 is 9.67 Å². The number of thioether (sulfide) groups is 1. The highest BCUT2D eigenvalue weighted by molar-refractivity contribution is 7.99. The quantitative estimate of drug-likeness (QED) is 0.850. The molecule has 1 aliphatic rings. The van der Waals surface area contributed by atoms with Gasteiger partial charge in [0.1, 0.15) is 5.82 Å². The average Bonchev–Trinajstić information content (AvgIpc) is 2.82. The first kappa shape index (κ1) is 13.4. The summed E-state index contributed by atoms with van der Waals surface area (Å²) in [7, 11) is 0. The van der Waals surface area contributed by atoms with Crippen molar-refractivity contribution in [3.05, 3.63) is 5.82 Å². The fourth-order valence-electron chi connectivity index (χ4n) is 2.66. The number of aryl methyl sites for hydroxylation is 1. The Balaban J connectivity index is 2.21. The Morgan fingerprint density at radius 1 is 1.44 bits per heavy atom. The molecule has 5 nitrogen and oxygen atoms in total. The van der Waals surface area contributed by atoms with Gasteiger partial charge in [0.05, 0.1) is 5.75 Å². The van der Waals surface area contributed by atoms with E-state index in [-0.39, 0.29) is 5.75 Å². The van der Waals surface area contributed by atoms with Gasteiger partial charge in [0.25, 0.3) is 0 Å². The van der Waals surface area contributed by atoms with Crippen LogP contribution < -0.4 is 0 Å². The zero-order valence-electron chi connectivity index (χ0n) is 11.0. The van der Waals surface area contributed by atoms with E-state index in [9.17, 15) is 4.79 Å². The topological polar surface area (TPSA) is 68.0 Å². The molecule has 18 heavy (non-hydrogen) atoms. The molecule has 1 aliphatic carbocycles. The fourth-order valence-corrected chi connectivity index (χ4v) is 3.42. The van der Waals surface area contributed by atoms with Crippen LogP contribution >= 0.6 is 11.8 Å². The Bertz CT molecular complexity index is 447. The second-order valence-corrected chi connectivity index (χ2v) is 6.01. The van der Waals surface area contributed by atoms with Gasteiger partial charge in [-0.1, -0.05) is 25.6 Å². The van der Waals surface area contributed by atoms with Crippen molar-refractivity contribution in [1.82, 2.24) is 14.8 Å². The Morgan fingerprint density at radius 2 is 2.17 bits per heavy atom. The maximum absolute atomic E-state index is 10.7. The van der Waals surface area contributed by atoms with Crippen molar-refractivity contribution in [3.63, 3.8) is 0 Å². The standard InChI is InChI=1S/C12H19N3O2S/c1-7-4-5-10(8(7)2)15-9(3)13-14-12(15)18-6-11(16)17/h7-8,10H,4-6H2,1-3H3,(H,16,17). The van der Waals surface area contributed by atoms with Crippen LogP contribution in [-0.4, -0.2) is 31.6 Å². The van der Waals surface area contributed by atoms with E-state index >= 15 is 0 Å². The van der Waals surface area contributed by atoms with Crippen molar-refractivity contribution in [1.29, 1.82) is 0 Å². The highest BCUT2D eigenvalue weighted by Crippen LogP contribution is 2.41. The van der Waals surface area contributed by atoms with E-state index in [1.807, 2.05) is 6.92 Å². The van der Waals surface area contributed by atoms with Crippen LogP contribution in [0.15, 0.2) is 5.16 Å². The summed E-state index contributed by atoms with van der Waals surface area (Å²) < 4.78 is 2.13. The van der Waals surface area contributed by atoms with Crippen molar-refractivity contribution in [2.45, 2.75) is 44.8 Å². The molecule has 0 aliphatic heterocycles. The second-order valence-electron chi connectivity index (χ2n) is 5.06. The van der Waals surface area contributed by atoms with Gasteiger partial charge in [0, 0.05) is 6.04 Å². The summed E-state index contributed by atoms with van der Waals surface area (Å²) in [5.74, 6) is 1.39. The zero-order chi connectivity index (χ0) is 13.3. The van der Waals surface area contributed by atoms with Crippen LogP contribution in [0.25, 0.3) is 0 Å². The van der Waals surface area contributed by atoms with Crippen LogP contribution in [0.1, 0.15) is 38.6 Å². The number of hydrogen-bond acceptors (Lipinski definition) is 4. The minimum Gasteiger partial charge on any atom is -0.481 e. The molecule has 2 rings (SSSR count). The monoisotopic (exact) mass is 269 g/mol. The molecule has 100 valence electrons. The Hall–Kier alpha value is -1.04. The molecular formula is C12H19N3O2S. The molecule has 1 heterocycles. The first-order chi connectivity index (χ1) is 8.50. The third-order valence-corrected chi connectivity index (χ3v) is 4.84. The Morgan fingerprint density at radius 3 is 2.72 bits per heavy atom. The molecule has 1 aromatic heterocycles. The van der Waals surface area contributed by atoms with E-state index in [4.69, 9.17) is 5.11 Å². The predicted molar refractivity (Wildman–Crippen MR) is 69.7 cm³/mol. The zero-order valence-corrected chi connectivity index (χ0v) is 11.8. The summed E-state index contributed by atoms with van der Waals surface area (Å²) in [5, 5.41) is 17.7. The molecule has 3 unspecified atom stereocenters. The molecule has 0 radical (unpaired) electrons. The van der Waals surface area contributed by atoms with Gasteiger partial charge in [-0.2, -0.15) is 0 Å². The lowest BCUT2D eigenvalue weighted by Gasteiger charge is -2.22. The molecule has 3 atom stereocenters. The van der Waals surface area contributed by atoms with Gasteiger partial charge in [-0.15, -0.1) is 10.2 Å². The highest BCUT2D eigenvalue weighted by atomic mass is 32.2. The summed E-state index contributed by atoms with van der Waals surface area (Å²) in [4.78, 5) is 10.7. The lowest BCUT2D eigenvalue weighted by atomic mass is 9.98. The number of aromatic nitrogens is 3. The molecular weight excluding hydrogens is 250 g/mol. The highest BCUT2D eigenvalue weighted by Gasteiger charge is 2.33. The summed E-state index contributed by atoms with van der Waals surface area (Å²) in [6, 6.07) is 0.409. The first-order valence-electron chi connectivity index (χ1n) is 6.26. The van der Waals surface area contributed by atoms with Crippen LogP contribution in [0.3, 0.4) is 0 Å². The van der Waals surface area contributed by atoms with Crippen LogP contribution in [0, 0.1) is 18.8 Å². The molecule has 1 N–H and O–H groups in total. The van der Waals surface area contributed by atoms with Gasteiger partial charge in [0.2, 0.25) is 0 Å². The molecule has 0 amide bonds. The number of aliphatic carboxylic acids is 1. The van der Waals surface area contributed by atoms with Crippen molar-refractivity contribution in [2.75, 3.05) is 5.75 Å². The smallest absolute Gasteiger partial charge is 0.313 e. The van der Waals surface area contributed by atoms with Gasteiger partial charge in [0.15, 0.2) is 5.16 Å². The lowest BCUT2D eigenvalue weighted by Crippen LogP contribution is -2.17. The van der Waals surface area contributed by atoms with E-state index in [0.29, 0.717) is 17.9 Å². The Kier molecular flexibility index (Phi) is 3.94. The van der Waals surface area contributed by atoms with Crippen LogP contribution in [-0.2, 0) is 4.79 Å². The maximum Gasteiger partial charge on any atom is 0.313 e. The van der Waals surface area contributed by atoms with E-state index in [1.54, 1.807) is 0 Å². The molecule has 0 spiro atoms. The van der Waals surface area contributed by atoms with Crippen molar-refractivity contribution in [3.8, 4) is 0 Å². The van der Waals surface area contributed by atoms with Gasteiger partial charge in [-0.05, 0) is 31.6 Å². The molecule has 6 heteroatoms. The van der Waals surface area contributed by atoms with Gasteiger partial charge >= 0.3 is 5.97 Å². The van der Waals surface area contributed by atoms with E-state index < -0.39 is 5.97 Å². The normalized spacial score (nSPS) is 27.6. The first-order valence-corrected chi connectivity index (χ1v) is 7.25. The van der Waals surface area contributed by atoms with Crippen LogP contribution in [0.2, 0.25) is 0 Å². The Labute approximate surface area is 111 Å². The molecule has 0 saturated heterocycles. The van der Waals surface area contributed by atoms with E-state index in [0.717, 1.165) is 17.4 Å². The molecule has 1 aromatic rings. The summed E-state index contributed by atoms with van der Waals surface area (Å²) in [6.07, 6.45) is 2.34. The summed E-state index contributed by atoms with van der Waals surface area (Å²) in [6.45, 7) is 6.47. The van der Waals surface area contributed by atoms with Gasteiger partial charge in [-0.25, -0.2) is 0 Å². The maximum atomic E-state index is 10.7. The van der Waals surface area contributed by atoms with E-state index in [2.05, 4.69) is 28.6 Å². The van der Waals surface area contributed by atoms with Crippen molar-refractivity contribution < 1.29 is 9.90 Å². The lowest BCUT2D eigenvalue weighted by molar-refractivity contribution is -0.133. The summed E-state index contributed by atoms with van der Waals surface area (Å²) >= 11 is 1.26. The number of carboxylic acids is 1. The number of hydrogen-bond donors (Lipinski definition) is 1. The van der Waals surface area contributed by atoms with E-state index in [1.165, 1.54) is 18.2 Å². The average molecular weight is 269 g/mol. The third kappa shape index (κ3) is 2.53. The number of carbonyl (C=O) groups is 1. The fraction of sp³-hybridized carbons (Fsp3) is 0.750. The number of rotatable bonds is 4. The van der Waals surface area contributed by atoms with Gasteiger partial charge in [-0.3, -0.25) is 4.79 Å². The van der Waals surface area contributed by atoms with Crippen molar-refractivity contribution >= 4 is 17.7 Å². The predicted octanol–water partition coefficient (Wildman–Crippen LogP) is 2.37. The molecule has 1 fully saturated rings.